The van der Waals surface area contributed by atoms with E-state index in [0.717, 1.165) is 75.0 Å². The van der Waals surface area contributed by atoms with Gasteiger partial charge in [-0.2, -0.15) is 0 Å². The SMILES string of the molecule is CN=C(NCc1cc2c(cc1OC)CC(C)O2)N1CCC(OCCCOC)CC1.I. The molecule has 1 unspecified atom stereocenters. The molecule has 0 aliphatic carbocycles. The Morgan fingerprint density at radius 1 is 1.23 bits per heavy atom. The van der Waals surface area contributed by atoms with Crippen LogP contribution in [0.25, 0.3) is 0 Å². The van der Waals surface area contributed by atoms with Gasteiger partial charge in [-0.05, 0) is 38.3 Å². The molecule has 1 N–H and O–H groups in total. The molecule has 8 heteroatoms. The number of piperidine rings is 1. The van der Waals surface area contributed by atoms with Gasteiger partial charge in [-0.15, -0.1) is 24.0 Å². The number of benzene rings is 1. The zero-order valence-corrected chi connectivity index (χ0v) is 20.9. The quantitative estimate of drug-likeness (QED) is 0.240. The molecular formula is C22H36IN3O4. The molecule has 1 saturated heterocycles. The van der Waals surface area contributed by atoms with Gasteiger partial charge in [-0.3, -0.25) is 4.99 Å². The van der Waals surface area contributed by atoms with Gasteiger partial charge in [0, 0.05) is 64.6 Å². The van der Waals surface area contributed by atoms with Gasteiger partial charge >= 0.3 is 0 Å². The lowest BCUT2D eigenvalue weighted by molar-refractivity contribution is 0.00989. The summed E-state index contributed by atoms with van der Waals surface area (Å²) in [6.45, 7) is 6.15. The maximum atomic E-state index is 5.96. The van der Waals surface area contributed by atoms with E-state index in [4.69, 9.17) is 18.9 Å². The molecular weight excluding hydrogens is 497 g/mol. The first-order chi connectivity index (χ1) is 14.1. The molecule has 1 atom stereocenters. The number of nitrogens with zero attached hydrogens (tertiary/aromatic N) is 2. The Morgan fingerprint density at radius 3 is 2.67 bits per heavy atom. The third-order valence-corrected chi connectivity index (χ3v) is 5.54. The molecule has 7 nitrogen and oxygen atoms in total. The van der Waals surface area contributed by atoms with Crippen LogP contribution in [0.5, 0.6) is 11.5 Å². The molecule has 2 aliphatic heterocycles. The zero-order valence-electron chi connectivity index (χ0n) is 18.6. The average Bonchev–Trinajstić information content (AvgIpc) is 3.10. The van der Waals surface area contributed by atoms with Crippen molar-refractivity contribution in [1.29, 1.82) is 0 Å². The highest BCUT2D eigenvalue weighted by Crippen LogP contribution is 2.35. The Hall–Kier alpha value is -1.26. The van der Waals surface area contributed by atoms with Crippen molar-refractivity contribution in [3.8, 4) is 11.5 Å². The van der Waals surface area contributed by atoms with E-state index in [9.17, 15) is 0 Å². The van der Waals surface area contributed by atoms with Crippen LogP contribution in [0.3, 0.4) is 0 Å². The van der Waals surface area contributed by atoms with Crippen LogP contribution in [0.15, 0.2) is 17.1 Å². The number of halogens is 1. The van der Waals surface area contributed by atoms with Crippen LogP contribution in [0.4, 0.5) is 0 Å². The van der Waals surface area contributed by atoms with Crippen LogP contribution in [0.1, 0.15) is 37.3 Å². The zero-order chi connectivity index (χ0) is 20.6. The summed E-state index contributed by atoms with van der Waals surface area (Å²) in [5.74, 6) is 2.78. The van der Waals surface area contributed by atoms with E-state index in [1.165, 1.54) is 5.56 Å². The molecule has 170 valence electrons. The second-order valence-corrected chi connectivity index (χ2v) is 7.71. The second kappa shape index (κ2) is 12.6. The molecule has 3 rings (SSSR count). The highest BCUT2D eigenvalue weighted by atomic mass is 127. The van der Waals surface area contributed by atoms with Crippen molar-refractivity contribution >= 4 is 29.9 Å². The Morgan fingerprint density at radius 2 is 2.00 bits per heavy atom. The fraction of sp³-hybridized carbons (Fsp3) is 0.682. The van der Waals surface area contributed by atoms with Crippen molar-refractivity contribution in [3.63, 3.8) is 0 Å². The minimum atomic E-state index is 0. The van der Waals surface area contributed by atoms with Crippen LogP contribution < -0.4 is 14.8 Å². The second-order valence-electron chi connectivity index (χ2n) is 7.71. The number of guanidine groups is 1. The minimum absolute atomic E-state index is 0. The van der Waals surface area contributed by atoms with Gasteiger partial charge in [-0.1, -0.05) is 0 Å². The summed E-state index contributed by atoms with van der Waals surface area (Å²) in [4.78, 5) is 6.78. The Bertz CT molecular complexity index is 693. The standard InChI is InChI=1S/C22H35N3O4.HI/c1-16-12-17-13-20(27-4)18(14-21(17)29-16)15-24-22(23-2)25-8-6-19(7-9-25)28-11-5-10-26-3;/h13-14,16,19H,5-12,15H2,1-4H3,(H,23,24);1H. The smallest absolute Gasteiger partial charge is 0.193 e. The van der Waals surface area contributed by atoms with Gasteiger partial charge in [-0.25, -0.2) is 0 Å². The first-order valence-electron chi connectivity index (χ1n) is 10.6. The van der Waals surface area contributed by atoms with Crippen LogP contribution >= 0.6 is 24.0 Å². The number of methoxy groups -OCH3 is 2. The number of nitrogens with one attached hydrogen (secondary N) is 1. The highest BCUT2D eigenvalue weighted by molar-refractivity contribution is 14.0. The first kappa shape index (κ1) is 25.0. The lowest BCUT2D eigenvalue weighted by Crippen LogP contribution is -2.46. The van der Waals surface area contributed by atoms with E-state index in [1.54, 1.807) is 14.2 Å². The molecule has 2 heterocycles. The van der Waals surface area contributed by atoms with Crippen LogP contribution in [0, 0.1) is 0 Å². The third kappa shape index (κ3) is 6.62. The van der Waals surface area contributed by atoms with E-state index >= 15 is 0 Å². The van der Waals surface area contributed by atoms with Crippen molar-refractivity contribution < 1.29 is 18.9 Å². The van der Waals surface area contributed by atoms with Crippen LogP contribution in [0.2, 0.25) is 0 Å². The van der Waals surface area contributed by atoms with Crippen molar-refractivity contribution in [2.24, 2.45) is 4.99 Å². The van der Waals surface area contributed by atoms with Crippen LogP contribution in [-0.4, -0.2) is 70.6 Å². The first-order valence-corrected chi connectivity index (χ1v) is 10.6. The molecule has 1 aromatic rings. The summed E-state index contributed by atoms with van der Waals surface area (Å²) in [5.41, 5.74) is 2.30. The summed E-state index contributed by atoms with van der Waals surface area (Å²) in [5, 5.41) is 3.49. The predicted octanol–water partition coefficient (Wildman–Crippen LogP) is 3.23. The number of rotatable bonds is 8. The van der Waals surface area contributed by atoms with Crippen LogP contribution in [-0.2, 0) is 22.4 Å². The molecule has 2 aliphatic rings. The van der Waals surface area contributed by atoms with Gasteiger partial charge < -0.3 is 29.2 Å². The Labute approximate surface area is 197 Å². The molecule has 0 spiro atoms. The van der Waals surface area contributed by atoms with Crippen molar-refractivity contribution in [3.05, 3.63) is 23.3 Å². The molecule has 30 heavy (non-hydrogen) atoms. The van der Waals surface area contributed by atoms with Gasteiger partial charge in [0.1, 0.15) is 17.6 Å². The minimum Gasteiger partial charge on any atom is -0.496 e. The molecule has 0 radical (unpaired) electrons. The summed E-state index contributed by atoms with van der Waals surface area (Å²) in [7, 11) is 5.28. The number of fused-ring (bicyclic) bond motifs is 1. The summed E-state index contributed by atoms with van der Waals surface area (Å²) in [6, 6.07) is 4.20. The van der Waals surface area contributed by atoms with E-state index in [0.29, 0.717) is 12.6 Å². The maximum Gasteiger partial charge on any atom is 0.193 e. The molecule has 1 aromatic carbocycles. The fourth-order valence-electron chi connectivity index (χ4n) is 4.00. The monoisotopic (exact) mass is 533 g/mol. The average molecular weight is 533 g/mol. The Balaban J connectivity index is 0.00000320. The van der Waals surface area contributed by atoms with Crippen molar-refractivity contribution in [2.75, 3.05) is 47.6 Å². The third-order valence-electron chi connectivity index (χ3n) is 5.54. The predicted molar refractivity (Wildman–Crippen MR) is 129 cm³/mol. The fourth-order valence-corrected chi connectivity index (χ4v) is 4.00. The van der Waals surface area contributed by atoms with E-state index in [2.05, 4.69) is 34.3 Å². The highest BCUT2D eigenvalue weighted by Gasteiger charge is 2.24. The van der Waals surface area contributed by atoms with Gasteiger partial charge in [0.25, 0.3) is 0 Å². The van der Waals surface area contributed by atoms with Gasteiger partial charge in [0.15, 0.2) is 5.96 Å². The lowest BCUT2D eigenvalue weighted by Gasteiger charge is -2.34. The maximum absolute atomic E-state index is 5.96. The molecule has 0 aromatic heterocycles. The largest absolute Gasteiger partial charge is 0.496 e. The van der Waals surface area contributed by atoms with E-state index in [1.807, 2.05) is 7.05 Å². The lowest BCUT2D eigenvalue weighted by atomic mass is 10.1. The van der Waals surface area contributed by atoms with E-state index < -0.39 is 0 Å². The molecule has 0 amide bonds. The molecule has 1 fully saturated rings. The van der Waals surface area contributed by atoms with Gasteiger partial charge in [0.05, 0.1) is 13.2 Å². The number of likely N-dealkylation sites (tertiary alicyclic amines) is 1. The van der Waals surface area contributed by atoms with E-state index in [-0.39, 0.29) is 30.1 Å². The van der Waals surface area contributed by atoms with Crippen molar-refractivity contribution in [2.45, 2.75) is 51.4 Å². The Kier molecular flexibility index (Phi) is 10.5. The normalized spacial score (nSPS) is 19.1. The number of ether oxygens (including phenoxy) is 4. The number of hydrogen-bond acceptors (Lipinski definition) is 5. The van der Waals surface area contributed by atoms with Crippen molar-refractivity contribution in [1.82, 2.24) is 10.2 Å². The molecule has 0 saturated carbocycles. The topological polar surface area (TPSA) is 64.6 Å². The number of hydrogen-bond donors (Lipinski definition) is 1. The molecule has 0 bridgehead atoms. The summed E-state index contributed by atoms with van der Waals surface area (Å²) in [6.07, 6.45) is 4.47. The summed E-state index contributed by atoms with van der Waals surface area (Å²) >= 11 is 0. The van der Waals surface area contributed by atoms with Gasteiger partial charge in [0.2, 0.25) is 0 Å². The summed E-state index contributed by atoms with van der Waals surface area (Å²) < 4.78 is 22.6. The number of aliphatic imine (C=N–C) groups is 1.